The number of hydrogen-bond acceptors (Lipinski definition) is 5. The van der Waals surface area contributed by atoms with Crippen LogP contribution in [0.5, 0.6) is 0 Å². The highest BCUT2D eigenvalue weighted by Gasteiger charge is 2.07. The summed E-state index contributed by atoms with van der Waals surface area (Å²) in [4.78, 5) is 1.38. The molecule has 0 fully saturated rings. The molecule has 0 aliphatic rings. The highest BCUT2D eigenvalue weighted by atomic mass is 32.2. The Morgan fingerprint density at radius 2 is 2.25 bits per heavy atom. The first-order valence-electron chi connectivity index (χ1n) is 6.54. The van der Waals surface area contributed by atoms with Crippen molar-refractivity contribution in [3.63, 3.8) is 0 Å². The Kier molecular flexibility index (Phi) is 4.34. The van der Waals surface area contributed by atoms with Crippen molar-refractivity contribution in [2.24, 2.45) is 0 Å². The fourth-order valence-electron chi connectivity index (χ4n) is 1.97. The van der Waals surface area contributed by atoms with Crippen LogP contribution in [0.2, 0.25) is 0 Å². The van der Waals surface area contributed by atoms with E-state index in [1.54, 1.807) is 23.1 Å². The van der Waals surface area contributed by atoms with E-state index < -0.39 is 0 Å². The summed E-state index contributed by atoms with van der Waals surface area (Å²) in [6.45, 7) is 3.15. The second-order valence-electron chi connectivity index (χ2n) is 4.45. The molecular weight excluding hydrogens is 288 g/mol. The van der Waals surface area contributed by atoms with E-state index in [2.05, 4.69) is 40.0 Å². The third-order valence-corrected chi connectivity index (χ3v) is 5.04. The van der Waals surface area contributed by atoms with Gasteiger partial charge in [-0.15, -0.1) is 21.5 Å². The largest absolute Gasteiger partial charge is 0.309 e. The molecule has 0 saturated heterocycles. The van der Waals surface area contributed by atoms with Gasteiger partial charge in [0, 0.05) is 29.4 Å². The smallest absolute Gasteiger partial charge is 0.195 e. The number of rotatable bonds is 6. The fraction of sp³-hybridized carbons (Fsp3) is 0.286. The van der Waals surface area contributed by atoms with Crippen molar-refractivity contribution in [3.05, 3.63) is 46.8 Å². The molecule has 0 radical (unpaired) electrons. The van der Waals surface area contributed by atoms with Gasteiger partial charge >= 0.3 is 0 Å². The quantitative estimate of drug-likeness (QED) is 0.561. The van der Waals surface area contributed by atoms with E-state index in [0.29, 0.717) is 6.04 Å². The maximum Gasteiger partial charge on any atom is 0.195 e. The SMILES string of the molecule is CC(NCCSc1nnc2ccccn12)c1cccs1. The lowest BCUT2D eigenvalue weighted by Crippen LogP contribution is -2.20. The average Bonchev–Trinajstić information content (AvgIpc) is 3.13. The third kappa shape index (κ3) is 3.03. The summed E-state index contributed by atoms with van der Waals surface area (Å²) in [5.74, 6) is 0.978. The molecule has 1 atom stereocenters. The van der Waals surface area contributed by atoms with Gasteiger partial charge in [-0.25, -0.2) is 0 Å². The van der Waals surface area contributed by atoms with Crippen molar-refractivity contribution < 1.29 is 0 Å². The molecule has 0 aromatic carbocycles. The summed E-state index contributed by atoms with van der Waals surface area (Å²) >= 11 is 3.52. The number of aromatic nitrogens is 3. The molecule has 4 nitrogen and oxygen atoms in total. The van der Waals surface area contributed by atoms with Gasteiger partial charge in [-0.3, -0.25) is 4.40 Å². The fourth-order valence-corrected chi connectivity index (χ4v) is 3.53. The Labute approximate surface area is 126 Å². The molecule has 6 heteroatoms. The van der Waals surface area contributed by atoms with Crippen LogP contribution in [0.15, 0.2) is 47.1 Å². The average molecular weight is 304 g/mol. The number of fused-ring (bicyclic) bond motifs is 1. The summed E-state index contributed by atoms with van der Waals surface area (Å²) < 4.78 is 2.02. The molecule has 3 aromatic rings. The van der Waals surface area contributed by atoms with Gasteiger partial charge < -0.3 is 5.32 Å². The van der Waals surface area contributed by atoms with Gasteiger partial charge in [0.05, 0.1) is 0 Å². The molecule has 0 spiro atoms. The monoisotopic (exact) mass is 304 g/mol. The Morgan fingerprint density at radius 3 is 3.10 bits per heavy atom. The number of hydrogen-bond donors (Lipinski definition) is 1. The van der Waals surface area contributed by atoms with Crippen molar-refractivity contribution in [2.45, 2.75) is 18.1 Å². The lowest BCUT2D eigenvalue weighted by atomic mass is 10.3. The van der Waals surface area contributed by atoms with Crippen LogP contribution in [0, 0.1) is 0 Å². The Morgan fingerprint density at radius 1 is 1.30 bits per heavy atom. The van der Waals surface area contributed by atoms with Crippen LogP contribution < -0.4 is 5.32 Å². The molecule has 104 valence electrons. The number of thioether (sulfide) groups is 1. The van der Waals surface area contributed by atoms with E-state index in [1.165, 1.54) is 4.88 Å². The summed E-state index contributed by atoms with van der Waals surface area (Å²) in [6.07, 6.45) is 2.00. The van der Waals surface area contributed by atoms with Gasteiger partial charge in [0.1, 0.15) is 0 Å². The zero-order valence-corrected chi connectivity index (χ0v) is 12.8. The van der Waals surface area contributed by atoms with Crippen molar-refractivity contribution >= 4 is 28.7 Å². The van der Waals surface area contributed by atoms with Crippen molar-refractivity contribution in [2.75, 3.05) is 12.3 Å². The molecule has 0 saturated carbocycles. The van der Waals surface area contributed by atoms with E-state index in [0.717, 1.165) is 23.1 Å². The Hall–Kier alpha value is -1.37. The second kappa shape index (κ2) is 6.39. The molecule has 3 heterocycles. The van der Waals surface area contributed by atoms with Gasteiger partial charge in [0.15, 0.2) is 10.8 Å². The zero-order chi connectivity index (χ0) is 13.8. The molecule has 0 aliphatic heterocycles. The molecule has 0 aliphatic carbocycles. The van der Waals surface area contributed by atoms with Crippen molar-refractivity contribution in [1.29, 1.82) is 0 Å². The van der Waals surface area contributed by atoms with E-state index >= 15 is 0 Å². The Bertz CT molecular complexity index is 663. The number of pyridine rings is 1. The summed E-state index contributed by atoms with van der Waals surface area (Å²) in [7, 11) is 0. The Balaban J connectivity index is 1.50. The molecule has 1 N–H and O–H groups in total. The van der Waals surface area contributed by atoms with Gasteiger partial charge in [0.25, 0.3) is 0 Å². The predicted octanol–water partition coefficient (Wildman–Crippen LogP) is 3.23. The van der Waals surface area contributed by atoms with E-state index in [1.807, 2.05) is 28.8 Å². The molecule has 1 unspecified atom stereocenters. The molecular formula is C14H16N4S2. The van der Waals surface area contributed by atoms with E-state index in [9.17, 15) is 0 Å². The highest BCUT2D eigenvalue weighted by molar-refractivity contribution is 7.99. The van der Waals surface area contributed by atoms with Crippen LogP contribution in [-0.2, 0) is 0 Å². The molecule has 0 bridgehead atoms. The molecule has 0 amide bonds. The normalized spacial score (nSPS) is 12.8. The standard InChI is InChI=1S/C14H16N4S2/c1-11(12-5-4-9-19-12)15-7-10-20-14-17-16-13-6-2-3-8-18(13)14/h2-6,8-9,11,15H,7,10H2,1H3. The topological polar surface area (TPSA) is 42.2 Å². The van der Waals surface area contributed by atoms with Gasteiger partial charge in [0.2, 0.25) is 0 Å². The predicted molar refractivity (Wildman–Crippen MR) is 84.4 cm³/mol. The minimum absolute atomic E-state index is 0.408. The van der Waals surface area contributed by atoms with Gasteiger partial charge in [-0.2, -0.15) is 0 Å². The van der Waals surface area contributed by atoms with Crippen LogP contribution >= 0.6 is 23.1 Å². The van der Waals surface area contributed by atoms with Crippen molar-refractivity contribution in [1.82, 2.24) is 19.9 Å². The highest BCUT2D eigenvalue weighted by Crippen LogP contribution is 2.19. The van der Waals surface area contributed by atoms with Gasteiger partial charge in [-0.05, 0) is 30.5 Å². The molecule has 3 aromatic heterocycles. The van der Waals surface area contributed by atoms with Gasteiger partial charge in [-0.1, -0.05) is 23.9 Å². The maximum absolute atomic E-state index is 4.21. The summed E-state index contributed by atoms with van der Waals surface area (Å²) in [5.41, 5.74) is 0.898. The minimum atomic E-state index is 0.408. The molecule has 3 rings (SSSR count). The zero-order valence-electron chi connectivity index (χ0n) is 11.2. The van der Waals surface area contributed by atoms with Crippen LogP contribution in [0.3, 0.4) is 0 Å². The van der Waals surface area contributed by atoms with Crippen LogP contribution in [0.25, 0.3) is 5.65 Å². The lowest BCUT2D eigenvalue weighted by Gasteiger charge is -2.11. The molecule has 20 heavy (non-hydrogen) atoms. The number of thiophene rings is 1. The number of nitrogens with zero attached hydrogens (tertiary/aromatic N) is 3. The first-order valence-corrected chi connectivity index (χ1v) is 8.40. The summed E-state index contributed by atoms with van der Waals surface area (Å²) in [6, 6.07) is 10.6. The van der Waals surface area contributed by atoms with E-state index in [-0.39, 0.29) is 0 Å². The lowest BCUT2D eigenvalue weighted by molar-refractivity contribution is 0.610. The van der Waals surface area contributed by atoms with Crippen LogP contribution in [0.1, 0.15) is 17.8 Å². The first-order chi connectivity index (χ1) is 9.84. The maximum atomic E-state index is 4.21. The van der Waals surface area contributed by atoms with Crippen LogP contribution in [-0.4, -0.2) is 26.9 Å². The first kappa shape index (κ1) is 13.6. The summed E-state index contributed by atoms with van der Waals surface area (Å²) in [5, 5.41) is 15.0. The van der Waals surface area contributed by atoms with Crippen LogP contribution in [0.4, 0.5) is 0 Å². The van der Waals surface area contributed by atoms with Crippen molar-refractivity contribution in [3.8, 4) is 0 Å². The van der Waals surface area contributed by atoms with E-state index in [4.69, 9.17) is 0 Å². The minimum Gasteiger partial charge on any atom is -0.309 e. The number of nitrogens with one attached hydrogen (secondary N) is 1. The third-order valence-electron chi connectivity index (χ3n) is 3.04. The second-order valence-corrected chi connectivity index (χ2v) is 6.49.